The quantitative estimate of drug-likeness (QED) is 0.402. The molecule has 3 heteroatoms. The zero-order valence-electron chi connectivity index (χ0n) is 16.9. The Bertz CT molecular complexity index is 459. The van der Waals surface area contributed by atoms with Gasteiger partial charge in [-0.15, -0.1) is 4.48 Å². The highest BCUT2D eigenvalue weighted by molar-refractivity contribution is 5.43. The zero-order chi connectivity index (χ0) is 18.6. The van der Waals surface area contributed by atoms with E-state index >= 15 is 0 Å². The van der Waals surface area contributed by atoms with E-state index in [1.54, 1.807) is 0 Å². The van der Waals surface area contributed by atoms with Crippen LogP contribution in [0.3, 0.4) is 0 Å². The van der Waals surface area contributed by atoms with Crippen molar-refractivity contribution in [1.29, 1.82) is 0 Å². The number of rotatable bonds is 12. The average Bonchev–Trinajstić information content (AvgIpc) is 2.69. The van der Waals surface area contributed by atoms with Crippen molar-refractivity contribution in [2.75, 3.05) is 11.9 Å². The third kappa shape index (κ3) is 7.26. The van der Waals surface area contributed by atoms with E-state index < -0.39 is 0 Å². The first-order chi connectivity index (χ1) is 12.7. The van der Waals surface area contributed by atoms with Crippen molar-refractivity contribution in [2.24, 2.45) is 17.8 Å². The van der Waals surface area contributed by atoms with Crippen LogP contribution in [0, 0.1) is 17.8 Å². The Labute approximate surface area is 160 Å². The third-order valence-corrected chi connectivity index (χ3v) is 6.35. The van der Waals surface area contributed by atoms with Crippen LogP contribution in [0.4, 0.5) is 10.2 Å². The minimum Gasteiger partial charge on any atom is -0.381 e. The van der Waals surface area contributed by atoms with Gasteiger partial charge in [-0.25, -0.2) is 0 Å². The van der Waals surface area contributed by atoms with Gasteiger partial charge in [0.1, 0.15) is 0 Å². The van der Waals surface area contributed by atoms with Gasteiger partial charge in [0.25, 0.3) is 0 Å². The molecule has 0 spiro atoms. The van der Waals surface area contributed by atoms with Crippen molar-refractivity contribution in [2.45, 2.75) is 84.1 Å². The van der Waals surface area contributed by atoms with Crippen molar-refractivity contribution in [1.82, 2.24) is 5.54 Å². The van der Waals surface area contributed by atoms with Crippen LogP contribution in [0.2, 0.25) is 0 Å². The van der Waals surface area contributed by atoms with Crippen molar-refractivity contribution >= 4 is 5.69 Å². The van der Waals surface area contributed by atoms with Crippen molar-refractivity contribution < 1.29 is 4.48 Å². The van der Waals surface area contributed by atoms with E-state index in [1.807, 2.05) is 23.7 Å². The van der Waals surface area contributed by atoms with E-state index in [-0.39, 0.29) is 6.04 Å². The molecule has 2 N–H and O–H groups in total. The normalized spacial score (nSPS) is 19.0. The molecule has 0 amide bonds. The van der Waals surface area contributed by atoms with Gasteiger partial charge in [0.15, 0.2) is 0 Å². The maximum atomic E-state index is 12.9. The van der Waals surface area contributed by atoms with Crippen LogP contribution >= 0.6 is 0 Å². The predicted molar refractivity (Wildman–Crippen MR) is 111 cm³/mol. The number of hydrogen-bond acceptors (Lipinski definition) is 2. The summed E-state index contributed by atoms with van der Waals surface area (Å²) in [4.78, 5) is 0. The number of para-hydroxylation sites is 1. The molecule has 1 aliphatic rings. The van der Waals surface area contributed by atoms with Gasteiger partial charge in [-0.2, -0.15) is 5.54 Å². The van der Waals surface area contributed by atoms with Gasteiger partial charge >= 0.3 is 0 Å². The molecule has 1 fully saturated rings. The van der Waals surface area contributed by atoms with Crippen LogP contribution in [0.1, 0.15) is 78.1 Å². The number of halogens is 1. The summed E-state index contributed by atoms with van der Waals surface area (Å²) in [6.45, 7) is 4.93. The van der Waals surface area contributed by atoms with Gasteiger partial charge in [0, 0.05) is 18.3 Å². The lowest BCUT2D eigenvalue weighted by Gasteiger charge is -2.32. The minimum atomic E-state index is 0.126. The monoisotopic (exact) mass is 362 g/mol. The Morgan fingerprint density at radius 3 is 2.42 bits per heavy atom. The summed E-state index contributed by atoms with van der Waals surface area (Å²) in [6.07, 6.45) is 13.6. The molecular weight excluding hydrogens is 323 g/mol. The fourth-order valence-corrected chi connectivity index (χ4v) is 4.59. The van der Waals surface area contributed by atoms with Gasteiger partial charge < -0.3 is 5.32 Å². The smallest absolute Gasteiger partial charge is 0.0464 e. The molecule has 1 aliphatic carbocycles. The van der Waals surface area contributed by atoms with Crippen molar-refractivity contribution in [3.63, 3.8) is 0 Å². The highest BCUT2D eigenvalue weighted by Crippen LogP contribution is 2.36. The van der Waals surface area contributed by atoms with Crippen LogP contribution in [-0.4, -0.2) is 12.6 Å². The predicted octanol–water partition coefficient (Wildman–Crippen LogP) is 6.74. The molecule has 0 aliphatic heterocycles. The first-order valence-corrected chi connectivity index (χ1v) is 10.9. The lowest BCUT2D eigenvalue weighted by atomic mass is 9.75. The molecular formula is C23H39FN2. The first kappa shape index (κ1) is 21.2. The molecule has 148 valence electrons. The van der Waals surface area contributed by atoms with Crippen molar-refractivity contribution in [3.05, 3.63) is 30.3 Å². The fourth-order valence-electron chi connectivity index (χ4n) is 4.59. The maximum absolute atomic E-state index is 12.9. The zero-order valence-corrected chi connectivity index (χ0v) is 16.9. The maximum Gasteiger partial charge on any atom is 0.0464 e. The molecule has 26 heavy (non-hydrogen) atoms. The molecule has 2 rings (SSSR count). The summed E-state index contributed by atoms with van der Waals surface area (Å²) in [5.41, 5.74) is 2.97. The summed E-state index contributed by atoms with van der Waals surface area (Å²) in [6, 6.07) is 10.3. The van der Waals surface area contributed by atoms with Gasteiger partial charge in [-0.05, 0) is 42.7 Å². The number of anilines is 1. The number of hydrogen-bond donors (Lipinski definition) is 2. The molecule has 0 radical (unpaired) electrons. The summed E-state index contributed by atoms with van der Waals surface area (Å²) in [5, 5.41) is 3.52. The second-order valence-electron chi connectivity index (χ2n) is 8.31. The average molecular weight is 363 g/mol. The molecule has 0 heterocycles. The largest absolute Gasteiger partial charge is 0.381 e. The van der Waals surface area contributed by atoms with E-state index in [9.17, 15) is 4.48 Å². The van der Waals surface area contributed by atoms with Crippen LogP contribution < -0.4 is 10.9 Å². The second kappa shape index (κ2) is 12.3. The Morgan fingerprint density at radius 1 is 1.04 bits per heavy atom. The molecule has 0 saturated heterocycles. The van der Waals surface area contributed by atoms with Crippen LogP contribution in [-0.2, 0) is 0 Å². The molecule has 1 aromatic carbocycles. The van der Waals surface area contributed by atoms with Crippen LogP contribution in [0.5, 0.6) is 0 Å². The van der Waals surface area contributed by atoms with Crippen LogP contribution in [0.15, 0.2) is 30.3 Å². The summed E-state index contributed by atoms with van der Waals surface area (Å²) >= 11 is 0. The highest BCUT2D eigenvalue weighted by Gasteiger charge is 2.25. The highest BCUT2D eigenvalue weighted by atomic mass is 19.2. The molecule has 1 saturated carbocycles. The first-order valence-electron chi connectivity index (χ1n) is 10.9. The van der Waals surface area contributed by atoms with E-state index in [2.05, 4.69) is 31.3 Å². The van der Waals surface area contributed by atoms with Gasteiger partial charge in [0.2, 0.25) is 0 Å². The van der Waals surface area contributed by atoms with E-state index in [0.29, 0.717) is 12.5 Å². The van der Waals surface area contributed by atoms with Crippen molar-refractivity contribution in [3.8, 4) is 0 Å². The number of unbranched alkanes of at least 4 members (excludes halogenated alkanes) is 1. The standard InChI is InChI=1S/C23H39FN2/c1-3-4-11-21(20-12-7-5-8-13-20)17-16-19(2)23(18-25-24)26-22-14-9-6-10-15-22/h6,9-10,14-15,19-21,23,25-26H,3-5,7-8,11-13,16-18H2,1-2H3. The summed E-state index contributed by atoms with van der Waals surface area (Å²) in [7, 11) is 0. The van der Waals surface area contributed by atoms with Gasteiger partial charge in [0.05, 0.1) is 0 Å². The Balaban J connectivity index is 1.89. The van der Waals surface area contributed by atoms with Gasteiger partial charge in [-0.3, -0.25) is 0 Å². The number of nitrogens with one attached hydrogen (secondary N) is 2. The third-order valence-electron chi connectivity index (χ3n) is 6.35. The Kier molecular flexibility index (Phi) is 10.1. The van der Waals surface area contributed by atoms with E-state index in [1.165, 1.54) is 64.2 Å². The lowest BCUT2D eigenvalue weighted by Crippen LogP contribution is -2.36. The molecule has 3 atom stereocenters. The topological polar surface area (TPSA) is 24.1 Å². The summed E-state index contributed by atoms with van der Waals surface area (Å²) < 4.78 is 12.9. The summed E-state index contributed by atoms with van der Waals surface area (Å²) in [5.74, 6) is 2.25. The molecule has 0 bridgehead atoms. The number of benzene rings is 1. The lowest BCUT2D eigenvalue weighted by molar-refractivity contribution is 0.204. The molecule has 0 aromatic heterocycles. The molecule has 3 unspecified atom stereocenters. The Morgan fingerprint density at radius 2 is 1.77 bits per heavy atom. The SMILES string of the molecule is CCCCC(CCC(C)C(CNF)Nc1ccccc1)C1CCCCC1. The fraction of sp³-hybridized carbons (Fsp3) is 0.739. The van der Waals surface area contributed by atoms with Crippen LogP contribution in [0.25, 0.3) is 0 Å². The van der Waals surface area contributed by atoms with Gasteiger partial charge in [-0.1, -0.05) is 83.4 Å². The minimum absolute atomic E-state index is 0.126. The second-order valence-corrected chi connectivity index (χ2v) is 8.31. The Hall–Kier alpha value is -1.09. The molecule has 1 aromatic rings. The molecule has 2 nitrogen and oxygen atoms in total. The van der Waals surface area contributed by atoms with E-state index in [0.717, 1.165) is 17.5 Å². The van der Waals surface area contributed by atoms with E-state index in [4.69, 9.17) is 0 Å².